The Morgan fingerprint density at radius 3 is 1.91 bits per heavy atom. The Morgan fingerprint density at radius 1 is 0.696 bits per heavy atom. The van der Waals surface area contributed by atoms with Crippen LogP contribution in [0, 0.1) is 0 Å². The molecule has 0 amide bonds. The Morgan fingerprint density at radius 2 is 1.30 bits per heavy atom. The summed E-state index contributed by atoms with van der Waals surface area (Å²) in [6.07, 6.45) is 1.06. The van der Waals surface area contributed by atoms with Crippen LogP contribution in [0.3, 0.4) is 0 Å². The van der Waals surface area contributed by atoms with Gasteiger partial charge in [0.2, 0.25) is 0 Å². The van der Waals surface area contributed by atoms with E-state index in [9.17, 15) is 0 Å². The van der Waals surface area contributed by atoms with Crippen LogP contribution >= 0.6 is 0 Å². The average molecular weight is 303 g/mol. The van der Waals surface area contributed by atoms with Gasteiger partial charge in [0.1, 0.15) is 12.4 Å². The molecule has 0 atom stereocenters. The molecule has 0 bridgehead atoms. The highest BCUT2D eigenvalue weighted by molar-refractivity contribution is 5.60. The second-order valence-electron chi connectivity index (χ2n) is 5.47. The minimum Gasteiger partial charge on any atom is -0.489 e. The third-order valence-electron chi connectivity index (χ3n) is 3.75. The van der Waals surface area contributed by atoms with Gasteiger partial charge in [0.05, 0.1) is 0 Å². The normalized spacial score (nSPS) is 10.3. The molecule has 0 unspecified atom stereocenters. The van der Waals surface area contributed by atoms with Gasteiger partial charge in [0, 0.05) is 11.4 Å². The van der Waals surface area contributed by atoms with E-state index in [1.165, 1.54) is 11.1 Å². The Bertz CT molecular complexity index is 718. The second-order valence-corrected chi connectivity index (χ2v) is 5.47. The minimum absolute atomic E-state index is 0.589. The highest BCUT2D eigenvalue weighted by Crippen LogP contribution is 2.21. The summed E-state index contributed by atoms with van der Waals surface area (Å²) < 4.78 is 5.80. The molecule has 3 rings (SSSR count). The smallest absolute Gasteiger partial charge is 0.119 e. The second kappa shape index (κ2) is 7.50. The Labute approximate surface area is 137 Å². The summed E-state index contributed by atoms with van der Waals surface area (Å²) in [5, 5.41) is 3.40. The van der Waals surface area contributed by atoms with Gasteiger partial charge in [-0.2, -0.15) is 0 Å². The van der Waals surface area contributed by atoms with Crippen LogP contribution in [0.2, 0.25) is 0 Å². The van der Waals surface area contributed by atoms with Gasteiger partial charge in [0.15, 0.2) is 0 Å². The Kier molecular flexibility index (Phi) is 4.95. The molecule has 116 valence electrons. The van der Waals surface area contributed by atoms with Crippen molar-refractivity contribution in [3.63, 3.8) is 0 Å². The molecule has 0 heterocycles. The van der Waals surface area contributed by atoms with Crippen molar-refractivity contribution in [3.05, 3.63) is 90.0 Å². The third kappa shape index (κ3) is 4.36. The summed E-state index contributed by atoms with van der Waals surface area (Å²) >= 11 is 0. The van der Waals surface area contributed by atoms with Crippen LogP contribution in [0.4, 0.5) is 11.4 Å². The van der Waals surface area contributed by atoms with E-state index in [0.29, 0.717) is 6.61 Å². The fourth-order valence-electron chi connectivity index (χ4n) is 2.37. The molecule has 0 aromatic heterocycles. The molecule has 0 saturated carbocycles. The van der Waals surface area contributed by atoms with E-state index < -0.39 is 0 Å². The van der Waals surface area contributed by atoms with Crippen LogP contribution in [0.25, 0.3) is 0 Å². The molecular formula is C21H21NO. The molecule has 0 aliphatic heterocycles. The molecule has 2 nitrogen and oxygen atoms in total. The lowest BCUT2D eigenvalue weighted by Crippen LogP contribution is -1.95. The van der Waals surface area contributed by atoms with Gasteiger partial charge >= 0.3 is 0 Å². The van der Waals surface area contributed by atoms with Gasteiger partial charge in [0.25, 0.3) is 0 Å². The zero-order valence-corrected chi connectivity index (χ0v) is 13.3. The SMILES string of the molecule is CCc1ccc(Nc2ccc(OCc3ccccc3)cc2)cc1. The van der Waals surface area contributed by atoms with Crippen molar-refractivity contribution in [3.8, 4) is 5.75 Å². The van der Waals surface area contributed by atoms with Crippen molar-refractivity contribution in [2.45, 2.75) is 20.0 Å². The van der Waals surface area contributed by atoms with Crippen molar-refractivity contribution in [1.29, 1.82) is 0 Å². The molecule has 0 aliphatic carbocycles. The van der Waals surface area contributed by atoms with E-state index in [1.807, 2.05) is 42.5 Å². The van der Waals surface area contributed by atoms with Gasteiger partial charge < -0.3 is 10.1 Å². The van der Waals surface area contributed by atoms with Crippen molar-refractivity contribution in [2.24, 2.45) is 0 Å². The van der Waals surface area contributed by atoms with Crippen LogP contribution in [0.1, 0.15) is 18.1 Å². The summed E-state index contributed by atoms with van der Waals surface area (Å²) in [5.74, 6) is 0.876. The van der Waals surface area contributed by atoms with Gasteiger partial charge in [-0.1, -0.05) is 49.4 Å². The largest absolute Gasteiger partial charge is 0.489 e. The van der Waals surface area contributed by atoms with E-state index in [2.05, 4.69) is 48.6 Å². The van der Waals surface area contributed by atoms with Gasteiger partial charge in [-0.25, -0.2) is 0 Å². The van der Waals surface area contributed by atoms with E-state index >= 15 is 0 Å². The summed E-state index contributed by atoms with van der Waals surface area (Å²) in [6.45, 7) is 2.75. The number of aryl methyl sites for hydroxylation is 1. The number of nitrogens with one attached hydrogen (secondary N) is 1. The van der Waals surface area contributed by atoms with Crippen molar-refractivity contribution >= 4 is 11.4 Å². The lowest BCUT2D eigenvalue weighted by Gasteiger charge is -2.09. The molecule has 2 heteroatoms. The first-order valence-electron chi connectivity index (χ1n) is 7.96. The maximum atomic E-state index is 5.80. The number of hydrogen-bond donors (Lipinski definition) is 1. The lowest BCUT2D eigenvalue weighted by atomic mass is 10.1. The molecule has 0 fully saturated rings. The molecule has 23 heavy (non-hydrogen) atoms. The van der Waals surface area contributed by atoms with Crippen LogP contribution < -0.4 is 10.1 Å². The third-order valence-corrected chi connectivity index (χ3v) is 3.75. The zero-order valence-electron chi connectivity index (χ0n) is 13.3. The average Bonchev–Trinajstić information content (AvgIpc) is 2.63. The lowest BCUT2D eigenvalue weighted by molar-refractivity contribution is 0.306. The van der Waals surface area contributed by atoms with Crippen LogP contribution in [-0.2, 0) is 13.0 Å². The van der Waals surface area contributed by atoms with Crippen LogP contribution in [0.5, 0.6) is 5.75 Å². The highest BCUT2D eigenvalue weighted by atomic mass is 16.5. The molecule has 0 spiro atoms. The molecule has 0 saturated heterocycles. The quantitative estimate of drug-likeness (QED) is 0.642. The number of rotatable bonds is 6. The summed E-state index contributed by atoms with van der Waals surface area (Å²) in [6, 6.07) is 26.8. The number of anilines is 2. The predicted octanol–water partition coefficient (Wildman–Crippen LogP) is 5.57. The first-order valence-corrected chi connectivity index (χ1v) is 7.96. The van der Waals surface area contributed by atoms with E-state index in [1.54, 1.807) is 0 Å². The maximum absolute atomic E-state index is 5.80. The van der Waals surface area contributed by atoms with Gasteiger partial charge in [-0.05, 0) is 53.9 Å². The summed E-state index contributed by atoms with van der Waals surface area (Å²) in [5.41, 5.74) is 4.67. The molecule has 0 radical (unpaired) electrons. The Balaban J connectivity index is 1.58. The topological polar surface area (TPSA) is 21.3 Å². The summed E-state index contributed by atoms with van der Waals surface area (Å²) in [7, 11) is 0. The van der Waals surface area contributed by atoms with E-state index in [0.717, 1.165) is 23.5 Å². The fourth-order valence-corrected chi connectivity index (χ4v) is 2.37. The standard InChI is InChI=1S/C21H21NO/c1-2-17-8-10-19(11-9-17)22-20-12-14-21(15-13-20)23-16-18-6-4-3-5-7-18/h3-15,22H,2,16H2,1H3. The molecule has 3 aromatic rings. The molecule has 1 N–H and O–H groups in total. The number of benzene rings is 3. The minimum atomic E-state index is 0.589. The number of hydrogen-bond acceptors (Lipinski definition) is 2. The Hall–Kier alpha value is -2.74. The van der Waals surface area contributed by atoms with Crippen LogP contribution in [-0.4, -0.2) is 0 Å². The fraction of sp³-hybridized carbons (Fsp3) is 0.143. The first kappa shape index (κ1) is 15.2. The molecular weight excluding hydrogens is 282 g/mol. The van der Waals surface area contributed by atoms with Crippen molar-refractivity contribution in [2.75, 3.05) is 5.32 Å². The monoisotopic (exact) mass is 303 g/mol. The van der Waals surface area contributed by atoms with Crippen LogP contribution in [0.15, 0.2) is 78.9 Å². The van der Waals surface area contributed by atoms with Gasteiger partial charge in [-0.15, -0.1) is 0 Å². The predicted molar refractivity (Wildman–Crippen MR) is 96.3 cm³/mol. The van der Waals surface area contributed by atoms with E-state index in [-0.39, 0.29) is 0 Å². The van der Waals surface area contributed by atoms with E-state index in [4.69, 9.17) is 4.74 Å². The first-order chi connectivity index (χ1) is 11.3. The maximum Gasteiger partial charge on any atom is 0.119 e. The number of ether oxygens (including phenoxy) is 1. The van der Waals surface area contributed by atoms with Gasteiger partial charge in [-0.3, -0.25) is 0 Å². The molecule has 3 aromatic carbocycles. The van der Waals surface area contributed by atoms with Crippen molar-refractivity contribution < 1.29 is 4.74 Å². The highest BCUT2D eigenvalue weighted by Gasteiger charge is 1.98. The van der Waals surface area contributed by atoms with Crippen molar-refractivity contribution in [1.82, 2.24) is 0 Å². The molecule has 0 aliphatic rings. The zero-order chi connectivity index (χ0) is 15.9. The summed E-state index contributed by atoms with van der Waals surface area (Å²) in [4.78, 5) is 0.